The summed E-state index contributed by atoms with van der Waals surface area (Å²) in [5.74, 6) is 0.581. The second kappa shape index (κ2) is 5.91. The first-order valence-corrected chi connectivity index (χ1v) is 7.49. The third-order valence-corrected chi connectivity index (χ3v) is 3.78. The van der Waals surface area contributed by atoms with Crippen LogP contribution in [0.2, 0.25) is 0 Å². The number of aliphatic hydroxyl groups excluding tert-OH is 1. The molecular weight excluding hydrogens is 334 g/mol. The fraction of sp³-hybridized carbons (Fsp3) is 0.267. The molecule has 2 aromatic heterocycles. The molecule has 1 saturated carbocycles. The minimum Gasteiger partial charge on any atom is -0.392 e. The molecule has 108 valence electrons. The van der Waals surface area contributed by atoms with E-state index in [9.17, 15) is 4.79 Å². The summed E-state index contributed by atoms with van der Waals surface area (Å²) in [5.41, 5.74) is 2.12. The van der Waals surface area contributed by atoms with Crippen LogP contribution in [0.1, 0.15) is 40.4 Å². The molecule has 1 amide bonds. The molecule has 0 saturated heterocycles. The molecule has 5 nitrogen and oxygen atoms in total. The zero-order chi connectivity index (χ0) is 14.8. The number of rotatable bonds is 4. The second-order valence-corrected chi connectivity index (χ2v) is 5.94. The summed E-state index contributed by atoms with van der Waals surface area (Å²) < 4.78 is 0.772. The van der Waals surface area contributed by atoms with Crippen LogP contribution < -0.4 is 5.32 Å². The molecule has 0 atom stereocenters. The SMILES string of the molecule is O=C(Nc1cc(CO)ccn1)c1cc(Br)cnc1C1CC1. The van der Waals surface area contributed by atoms with Crippen LogP contribution in [0.15, 0.2) is 35.1 Å². The summed E-state index contributed by atoms with van der Waals surface area (Å²) >= 11 is 3.35. The Balaban J connectivity index is 1.86. The lowest BCUT2D eigenvalue weighted by atomic mass is 10.1. The third kappa shape index (κ3) is 3.28. The van der Waals surface area contributed by atoms with Crippen molar-refractivity contribution >= 4 is 27.7 Å². The number of carbonyl (C=O) groups excluding carboxylic acids is 1. The Hall–Kier alpha value is -1.79. The summed E-state index contributed by atoms with van der Waals surface area (Å²) in [6, 6.07) is 5.14. The van der Waals surface area contributed by atoms with Gasteiger partial charge in [-0.3, -0.25) is 9.78 Å². The van der Waals surface area contributed by atoms with E-state index in [1.807, 2.05) is 0 Å². The van der Waals surface area contributed by atoms with Gasteiger partial charge in [0.15, 0.2) is 0 Å². The maximum absolute atomic E-state index is 12.4. The first-order chi connectivity index (χ1) is 10.2. The minimum atomic E-state index is -0.228. The van der Waals surface area contributed by atoms with Gasteiger partial charge in [0.05, 0.1) is 17.9 Å². The maximum atomic E-state index is 12.4. The van der Waals surface area contributed by atoms with E-state index in [2.05, 4.69) is 31.2 Å². The highest BCUT2D eigenvalue weighted by molar-refractivity contribution is 9.10. The van der Waals surface area contributed by atoms with Crippen LogP contribution in [0.3, 0.4) is 0 Å². The van der Waals surface area contributed by atoms with E-state index >= 15 is 0 Å². The van der Waals surface area contributed by atoms with Gasteiger partial charge in [0, 0.05) is 22.8 Å². The quantitative estimate of drug-likeness (QED) is 0.891. The van der Waals surface area contributed by atoms with Gasteiger partial charge in [0.25, 0.3) is 5.91 Å². The van der Waals surface area contributed by atoms with E-state index in [0.29, 0.717) is 22.9 Å². The minimum absolute atomic E-state index is 0.0862. The van der Waals surface area contributed by atoms with Crippen molar-refractivity contribution in [3.8, 4) is 0 Å². The van der Waals surface area contributed by atoms with Gasteiger partial charge in [-0.15, -0.1) is 0 Å². The Bertz CT molecular complexity index is 686. The van der Waals surface area contributed by atoms with Crippen LogP contribution in [-0.2, 0) is 6.61 Å². The average molecular weight is 348 g/mol. The number of hydrogen-bond acceptors (Lipinski definition) is 4. The molecule has 21 heavy (non-hydrogen) atoms. The van der Waals surface area contributed by atoms with Gasteiger partial charge in [-0.1, -0.05) is 0 Å². The molecular formula is C15H14BrN3O2. The fourth-order valence-corrected chi connectivity index (χ4v) is 2.47. The zero-order valence-electron chi connectivity index (χ0n) is 11.2. The number of pyridine rings is 2. The van der Waals surface area contributed by atoms with Crippen molar-refractivity contribution in [2.45, 2.75) is 25.4 Å². The monoisotopic (exact) mass is 347 g/mol. The summed E-state index contributed by atoms with van der Waals surface area (Å²) in [6.45, 7) is -0.0862. The van der Waals surface area contributed by atoms with E-state index in [0.717, 1.165) is 23.0 Å². The molecule has 1 fully saturated rings. The lowest BCUT2D eigenvalue weighted by Crippen LogP contribution is -2.16. The lowest BCUT2D eigenvalue weighted by Gasteiger charge is -2.09. The van der Waals surface area contributed by atoms with Crippen molar-refractivity contribution in [2.75, 3.05) is 5.32 Å². The number of carbonyl (C=O) groups is 1. The van der Waals surface area contributed by atoms with Gasteiger partial charge < -0.3 is 10.4 Å². The van der Waals surface area contributed by atoms with Gasteiger partial charge in [-0.25, -0.2) is 4.98 Å². The number of anilines is 1. The molecule has 6 heteroatoms. The number of amides is 1. The summed E-state index contributed by atoms with van der Waals surface area (Å²) in [6.07, 6.45) is 5.43. The van der Waals surface area contributed by atoms with Crippen molar-refractivity contribution in [1.29, 1.82) is 0 Å². The van der Waals surface area contributed by atoms with Gasteiger partial charge >= 0.3 is 0 Å². The summed E-state index contributed by atoms with van der Waals surface area (Å²) in [7, 11) is 0. The second-order valence-electron chi connectivity index (χ2n) is 5.02. The number of nitrogens with zero attached hydrogens (tertiary/aromatic N) is 2. The van der Waals surface area contributed by atoms with Crippen LogP contribution in [-0.4, -0.2) is 21.0 Å². The molecule has 0 bridgehead atoms. The number of nitrogens with one attached hydrogen (secondary N) is 1. The van der Waals surface area contributed by atoms with Crippen molar-refractivity contribution in [2.24, 2.45) is 0 Å². The Morgan fingerprint density at radius 2 is 2.19 bits per heavy atom. The fourth-order valence-electron chi connectivity index (χ4n) is 2.14. The van der Waals surface area contributed by atoms with Crippen LogP contribution in [0.5, 0.6) is 0 Å². The topological polar surface area (TPSA) is 75.1 Å². The van der Waals surface area contributed by atoms with E-state index in [4.69, 9.17) is 5.11 Å². The van der Waals surface area contributed by atoms with E-state index in [1.165, 1.54) is 0 Å². The van der Waals surface area contributed by atoms with Gasteiger partial charge in [0.2, 0.25) is 0 Å². The lowest BCUT2D eigenvalue weighted by molar-refractivity contribution is 0.102. The van der Waals surface area contributed by atoms with E-state index < -0.39 is 0 Å². The molecule has 2 aromatic rings. The molecule has 0 spiro atoms. The van der Waals surface area contributed by atoms with Crippen molar-refractivity contribution in [1.82, 2.24) is 9.97 Å². The zero-order valence-corrected chi connectivity index (χ0v) is 12.8. The summed E-state index contributed by atoms with van der Waals surface area (Å²) in [5, 5.41) is 11.9. The van der Waals surface area contributed by atoms with Crippen LogP contribution in [0.25, 0.3) is 0 Å². The van der Waals surface area contributed by atoms with Gasteiger partial charge in [-0.05, 0) is 52.5 Å². The van der Waals surface area contributed by atoms with E-state index in [1.54, 1.807) is 30.6 Å². The van der Waals surface area contributed by atoms with Crippen LogP contribution in [0, 0.1) is 0 Å². The molecule has 2 heterocycles. The Labute approximate surface area is 130 Å². The molecule has 0 unspecified atom stereocenters. The molecule has 0 radical (unpaired) electrons. The van der Waals surface area contributed by atoms with Crippen LogP contribution in [0.4, 0.5) is 5.82 Å². The first-order valence-electron chi connectivity index (χ1n) is 6.70. The van der Waals surface area contributed by atoms with Crippen molar-refractivity contribution in [3.05, 3.63) is 51.9 Å². The normalized spacial score (nSPS) is 14.0. The largest absolute Gasteiger partial charge is 0.392 e. The molecule has 3 rings (SSSR count). The number of halogens is 1. The predicted octanol–water partition coefficient (Wildman–Crippen LogP) is 2.86. The Kier molecular flexibility index (Phi) is 3.98. The van der Waals surface area contributed by atoms with Crippen molar-refractivity contribution in [3.63, 3.8) is 0 Å². The Morgan fingerprint density at radius 3 is 2.90 bits per heavy atom. The smallest absolute Gasteiger partial charge is 0.258 e. The molecule has 0 aliphatic heterocycles. The number of aromatic nitrogens is 2. The van der Waals surface area contributed by atoms with Gasteiger partial charge in [-0.2, -0.15) is 0 Å². The summed E-state index contributed by atoms with van der Waals surface area (Å²) in [4.78, 5) is 20.9. The highest BCUT2D eigenvalue weighted by Crippen LogP contribution is 2.41. The highest BCUT2D eigenvalue weighted by atomic mass is 79.9. The standard InChI is InChI=1S/C15H14BrN3O2/c16-11-6-12(14(18-7-11)10-1-2-10)15(21)19-13-5-9(8-20)3-4-17-13/h3-7,10,20H,1-2,8H2,(H,17,19,21). The molecule has 1 aliphatic rings. The Morgan fingerprint density at radius 1 is 1.38 bits per heavy atom. The molecule has 2 N–H and O–H groups in total. The number of aliphatic hydroxyl groups is 1. The third-order valence-electron chi connectivity index (χ3n) is 3.34. The number of hydrogen-bond donors (Lipinski definition) is 2. The molecule has 1 aliphatic carbocycles. The van der Waals surface area contributed by atoms with E-state index in [-0.39, 0.29) is 12.5 Å². The maximum Gasteiger partial charge on any atom is 0.258 e. The van der Waals surface area contributed by atoms with Crippen LogP contribution >= 0.6 is 15.9 Å². The highest BCUT2D eigenvalue weighted by Gasteiger charge is 2.29. The van der Waals surface area contributed by atoms with Gasteiger partial charge in [0.1, 0.15) is 5.82 Å². The average Bonchev–Trinajstić information content (AvgIpc) is 3.32. The predicted molar refractivity (Wildman–Crippen MR) is 82.0 cm³/mol. The first kappa shape index (κ1) is 14.2. The molecule has 0 aromatic carbocycles. The van der Waals surface area contributed by atoms with Crippen molar-refractivity contribution < 1.29 is 9.90 Å².